The van der Waals surface area contributed by atoms with Crippen LogP contribution in [-0.4, -0.2) is 26.1 Å². The van der Waals surface area contributed by atoms with Crippen molar-refractivity contribution in [1.29, 1.82) is 0 Å². The fourth-order valence-electron chi connectivity index (χ4n) is 3.71. The number of benzene rings is 3. The SMILES string of the molecule is Cc1cc(C)c2nc(NC(=O)c3cccc(S(=O)(=O)NCc4ccc5c(c4)OCO5)c3)sc2c1. The first-order valence-electron chi connectivity index (χ1n) is 10.5. The first-order valence-corrected chi connectivity index (χ1v) is 12.8. The van der Waals surface area contributed by atoms with Gasteiger partial charge in [0.25, 0.3) is 5.91 Å². The molecule has 4 aromatic rings. The Labute approximate surface area is 200 Å². The largest absolute Gasteiger partial charge is 0.454 e. The summed E-state index contributed by atoms with van der Waals surface area (Å²) in [5.74, 6) is 0.778. The van der Waals surface area contributed by atoms with Crippen LogP contribution in [0.1, 0.15) is 27.0 Å². The lowest BCUT2D eigenvalue weighted by Gasteiger charge is -2.09. The Hall–Kier alpha value is -3.47. The molecule has 1 aliphatic rings. The zero-order valence-corrected chi connectivity index (χ0v) is 20.0. The average Bonchev–Trinajstić information content (AvgIpc) is 3.44. The topological polar surface area (TPSA) is 107 Å². The number of carbonyl (C=O) groups excluding carboxylic acids is 1. The standard InChI is InChI=1S/C24H21N3O5S2/c1-14-8-15(2)22-21(9-14)33-24(26-22)27-23(28)17-4-3-5-18(11-17)34(29,30)25-12-16-6-7-19-20(10-16)32-13-31-19/h3-11,25H,12-13H2,1-2H3,(H,26,27,28). The van der Waals surface area contributed by atoms with Crippen molar-refractivity contribution in [3.63, 3.8) is 0 Å². The lowest BCUT2D eigenvalue weighted by Crippen LogP contribution is -2.23. The lowest BCUT2D eigenvalue weighted by molar-refractivity contribution is 0.102. The van der Waals surface area contributed by atoms with Crippen LogP contribution in [0, 0.1) is 13.8 Å². The number of hydrogen-bond donors (Lipinski definition) is 2. The molecule has 3 aromatic carbocycles. The number of aromatic nitrogens is 1. The van der Waals surface area contributed by atoms with Gasteiger partial charge in [0.05, 0.1) is 15.1 Å². The molecule has 174 valence electrons. The summed E-state index contributed by atoms with van der Waals surface area (Å²) < 4.78 is 39.8. The van der Waals surface area contributed by atoms with Crippen LogP contribution in [0.15, 0.2) is 59.5 Å². The molecule has 10 heteroatoms. The van der Waals surface area contributed by atoms with E-state index in [-0.39, 0.29) is 23.8 Å². The number of aryl methyl sites for hydroxylation is 2. The third kappa shape index (κ3) is 4.47. The smallest absolute Gasteiger partial charge is 0.257 e. The monoisotopic (exact) mass is 495 g/mol. The van der Waals surface area contributed by atoms with Crippen molar-refractivity contribution >= 4 is 42.6 Å². The summed E-state index contributed by atoms with van der Waals surface area (Å²) in [5.41, 5.74) is 3.95. The zero-order chi connectivity index (χ0) is 23.9. The maximum absolute atomic E-state index is 12.9. The van der Waals surface area contributed by atoms with E-state index >= 15 is 0 Å². The minimum atomic E-state index is -3.85. The first kappa shape index (κ1) is 22.3. The number of thiazole rings is 1. The molecule has 0 atom stereocenters. The normalized spacial score (nSPS) is 12.8. The van der Waals surface area contributed by atoms with E-state index in [4.69, 9.17) is 9.47 Å². The average molecular weight is 496 g/mol. The van der Waals surface area contributed by atoms with Crippen molar-refractivity contribution in [1.82, 2.24) is 9.71 Å². The second kappa shape index (κ2) is 8.71. The number of rotatable bonds is 6. The molecule has 2 heterocycles. The molecular formula is C24H21N3O5S2. The number of nitrogens with one attached hydrogen (secondary N) is 2. The number of amides is 1. The Kier molecular flexibility index (Phi) is 5.72. The minimum absolute atomic E-state index is 0.00309. The zero-order valence-electron chi connectivity index (χ0n) is 18.4. The molecular weight excluding hydrogens is 474 g/mol. The highest BCUT2D eigenvalue weighted by Crippen LogP contribution is 2.32. The second-order valence-corrected chi connectivity index (χ2v) is 10.7. The van der Waals surface area contributed by atoms with Crippen molar-refractivity contribution in [2.24, 2.45) is 0 Å². The second-order valence-electron chi connectivity index (χ2n) is 7.94. The highest BCUT2D eigenvalue weighted by atomic mass is 32.2. The van der Waals surface area contributed by atoms with Crippen molar-refractivity contribution in [3.05, 3.63) is 76.9 Å². The highest BCUT2D eigenvalue weighted by molar-refractivity contribution is 7.89. The maximum Gasteiger partial charge on any atom is 0.257 e. The molecule has 1 aliphatic heterocycles. The fourth-order valence-corrected chi connectivity index (χ4v) is 5.81. The lowest BCUT2D eigenvalue weighted by atomic mass is 10.1. The molecule has 0 aliphatic carbocycles. The molecule has 34 heavy (non-hydrogen) atoms. The third-order valence-electron chi connectivity index (χ3n) is 5.36. The van der Waals surface area contributed by atoms with Crippen molar-refractivity contribution in [3.8, 4) is 11.5 Å². The molecule has 0 saturated carbocycles. The first-order chi connectivity index (χ1) is 16.3. The highest BCUT2D eigenvalue weighted by Gasteiger charge is 2.19. The Balaban J connectivity index is 1.31. The number of anilines is 1. The van der Waals surface area contributed by atoms with Gasteiger partial charge >= 0.3 is 0 Å². The molecule has 0 radical (unpaired) electrons. The summed E-state index contributed by atoms with van der Waals surface area (Å²) in [6.07, 6.45) is 0. The molecule has 0 fully saturated rings. The predicted molar refractivity (Wildman–Crippen MR) is 130 cm³/mol. The van der Waals surface area contributed by atoms with Gasteiger partial charge in [0.1, 0.15) is 0 Å². The Bertz CT molecular complexity index is 1530. The van der Waals surface area contributed by atoms with Crippen LogP contribution in [-0.2, 0) is 16.6 Å². The molecule has 0 spiro atoms. The van der Waals surface area contributed by atoms with Crippen LogP contribution in [0.5, 0.6) is 11.5 Å². The van der Waals surface area contributed by atoms with Crippen LogP contribution in [0.2, 0.25) is 0 Å². The quantitative estimate of drug-likeness (QED) is 0.411. The van der Waals surface area contributed by atoms with E-state index in [1.165, 1.54) is 29.5 Å². The summed E-state index contributed by atoms with van der Waals surface area (Å²) in [7, 11) is -3.85. The summed E-state index contributed by atoms with van der Waals surface area (Å²) in [5, 5.41) is 3.24. The number of sulfonamides is 1. The Morgan fingerprint density at radius 1 is 1.06 bits per heavy atom. The van der Waals surface area contributed by atoms with Gasteiger partial charge in [-0.1, -0.05) is 29.5 Å². The van der Waals surface area contributed by atoms with Gasteiger partial charge < -0.3 is 9.47 Å². The van der Waals surface area contributed by atoms with Gasteiger partial charge in [0, 0.05) is 12.1 Å². The van der Waals surface area contributed by atoms with Crippen molar-refractivity contribution < 1.29 is 22.7 Å². The molecule has 2 N–H and O–H groups in total. The van der Waals surface area contributed by atoms with Gasteiger partial charge in [-0.15, -0.1) is 0 Å². The van der Waals surface area contributed by atoms with E-state index < -0.39 is 15.9 Å². The summed E-state index contributed by atoms with van der Waals surface area (Å²) in [4.78, 5) is 17.3. The van der Waals surface area contributed by atoms with E-state index in [9.17, 15) is 13.2 Å². The fraction of sp³-hybridized carbons (Fsp3) is 0.167. The molecule has 0 unspecified atom stereocenters. The van der Waals surface area contributed by atoms with Gasteiger partial charge in [-0.05, 0) is 66.9 Å². The van der Waals surface area contributed by atoms with E-state index in [1.54, 1.807) is 24.3 Å². The van der Waals surface area contributed by atoms with Gasteiger partial charge in [0.15, 0.2) is 16.6 Å². The Morgan fingerprint density at radius 2 is 1.88 bits per heavy atom. The van der Waals surface area contributed by atoms with E-state index in [0.29, 0.717) is 16.6 Å². The van der Waals surface area contributed by atoms with E-state index in [2.05, 4.69) is 15.0 Å². The van der Waals surface area contributed by atoms with Crippen LogP contribution >= 0.6 is 11.3 Å². The maximum atomic E-state index is 12.9. The molecule has 0 bridgehead atoms. The van der Waals surface area contributed by atoms with Crippen molar-refractivity contribution in [2.75, 3.05) is 12.1 Å². The number of fused-ring (bicyclic) bond motifs is 2. The summed E-state index contributed by atoms with van der Waals surface area (Å²) in [6.45, 7) is 4.21. The van der Waals surface area contributed by atoms with Gasteiger partial charge in [0.2, 0.25) is 16.8 Å². The van der Waals surface area contributed by atoms with Crippen LogP contribution in [0.3, 0.4) is 0 Å². The molecule has 0 saturated heterocycles. The predicted octanol–water partition coefficient (Wildman–Crippen LogP) is 4.37. The third-order valence-corrected chi connectivity index (χ3v) is 7.68. The number of hydrogen-bond acceptors (Lipinski definition) is 7. The molecule has 1 amide bonds. The number of nitrogens with zero attached hydrogens (tertiary/aromatic N) is 1. The van der Waals surface area contributed by atoms with Gasteiger partial charge in [-0.2, -0.15) is 0 Å². The molecule has 8 nitrogen and oxygen atoms in total. The molecule has 1 aromatic heterocycles. The molecule has 5 rings (SSSR count). The van der Waals surface area contributed by atoms with E-state index in [0.717, 1.165) is 26.9 Å². The Morgan fingerprint density at radius 3 is 2.74 bits per heavy atom. The van der Waals surface area contributed by atoms with Crippen LogP contribution < -0.4 is 19.5 Å². The number of ether oxygens (including phenoxy) is 2. The van der Waals surface area contributed by atoms with E-state index in [1.807, 2.05) is 26.0 Å². The van der Waals surface area contributed by atoms with Gasteiger partial charge in [-0.25, -0.2) is 18.1 Å². The number of carbonyl (C=O) groups is 1. The van der Waals surface area contributed by atoms with Gasteiger partial charge in [-0.3, -0.25) is 10.1 Å². The van der Waals surface area contributed by atoms with Crippen molar-refractivity contribution in [2.45, 2.75) is 25.3 Å². The summed E-state index contributed by atoms with van der Waals surface area (Å²) in [6, 6.07) is 15.2. The van der Waals surface area contributed by atoms with Crippen LogP contribution in [0.4, 0.5) is 5.13 Å². The van der Waals surface area contributed by atoms with Crippen LogP contribution in [0.25, 0.3) is 10.2 Å². The summed E-state index contributed by atoms with van der Waals surface area (Å²) >= 11 is 1.38. The minimum Gasteiger partial charge on any atom is -0.454 e.